The predicted octanol–water partition coefficient (Wildman–Crippen LogP) is 1.78. The van der Waals surface area contributed by atoms with Gasteiger partial charge in [0.2, 0.25) is 5.91 Å². The number of aryl methyl sites for hydroxylation is 1. The van der Waals surface area contributed by atoms with Crippen molar-refractivity contribution in [3.63, 3.8) is 0 Å². The first-order chi connectivity index (χ1) is 10.4. The first kappa shape index (κ1) is 17.9. The number of hydrogen-bond donors (Lipinski definition) is 1. The Morgan fingerprint density at radius 1 is 1.32 bits per heavy atom. The van der Waals surface area contributed by atoms with Crippen molar-refractivity contribution in [1.29, 1.82) is 0 Å². The fraction of sp³-hybridized carbons (Fsp3) is 0.412. The Hall–Kier alpha value is -2.14. The van der Waals surface area contributed by atoms with Crippen LogP contribution in [-0.4, -0.2) is 48.2 Å². The number of ether oxygens (including phenoxy) is 1. The molecular formula is C17H23NO4. The quantitative estimate of drug-likeness (QED) is 0.616. The van der Waals surface area contributed by atoms with E-state index in [1.807, 2.05) is 31.2 Å². The van der Waals surface area contributed by atoms with Crippen molar-refractivity contribution in [3.05, 3.63) is 41.5 Å². The monoisotopic (exact) mass is 305 g/mol. The van der Waals surface area contributed by atoms with Gasteiger partial charge in [-0.25, -0.2) is 0 Å². The van der Waals surface area contributed by atoms with Crippen molar-refractivity contribution in [1.82, 2.24) is 4.90 Å². The van der Waals surface area contributed by atoms with Crippen LogP contribution in [0.2, 0.25) is 0 Å². The molecule has 0 aliphatic rings. The summed E-state index contributed by atoms with van der Waals surface area (Å²) < 4.78 is 4.57. The summed E-state index contributed by atoms with van der Waals surface area (Å²) in [6, 6.07) is 7.78. The fourth-order valence-electron chi connectivity index (χ4n) is 1.89. The third-order valence-electron chi connectivity index (χ3n) is 3.11. The van der Waals surface area contributed by atoms with Gasteiger partial charge in [-0.2, -0.15) is 0 Å². The normalized spacial score (nSPS) is 12.2. The molecule has 0 bridgehead atoms. The Balaban J connectivity index is 2.69. The minimum atomic E-state index is -0.658. The summed E-state index contributed by atoms with van der Waals surface area (Å²) in [4.78, 5) is 24.8. The Morgan fingerprint density at radius 2 is 1.95 bits per heavy atom. The maximum absolute atomic E-state index is 12.2. The van der Waals surface area contributed by atoms with E-state index >= 15 is 0 Å². The standard InChI is InChI=1S/C17H23NO4/c1-13-4-6-15(7-5-13)8-9-16(20)18(12-14(2)19)11-10-17(21)22-3/h4-9,14,19H,10-12H2,1-3H3/b9-8+. The van der Waals surface area contributed by atoms with Crippen LogP contribution in [0.15, 0.2) is 30.3 Å². The van der Waals surface area contributed by atoms with Gasteiger partial charge in [0.15, 0.2) is 0 Å². The van der Waals surface area contributed by atoms with Crippen LogP contribution in [-0.2, 0) is 14.3 Å². The van der Waals surface area contributed by atoms with Crippen molar-refractivity contribution in [2.45, 2.75) is 26.4 Å². The molecule has 22 heavy (non-hydrogen) atoms. The Bertz CT molecular complexity index is 520. The molecule has 0 aromatic heterocycles. The highest BCUT2D eigenvalue weighted by atomic mass is 16.5. The molecule has 1 unspecified atom stereocenters. The smallest absolute Gasteiger partial charge is 0.307 e. The van der Waals surface area contributed by atoms with E-state index in [4.69, 9.17) is 0 Å². The van der Waals surface area contributed by atoms with E-state index < -0.39 is 6.10 Å². The zero-order valence-corrected chi connectivity index (χ0v) is 13.3. The Morgan fingerprint density at radius 3 is 2.50 bits per heavy atom. The number of aliphatic hydroxyl groups excluding tert-OH is 1. The maximum atomic E-state index is 12.2. The average molecular weight is 305 g/mol. The van der Waals surface area contributed by atoms with Gasteiger partial charge in [0.05, 0.1) is 19.6 Å². The van der Waals surface area contributed by atoms with Gasteiger partial charge < -0.3 is 14.7 Å². The number of carbonyl (C=O) groups is 2. The summed E-state index contributed by atoms with van der Waals surface area (Å²) in [5, 5.41) is 9.48. The number of hydrogen-bond acceptors (Lipinski definition) is 4. The van der Waals surface area contributed by atoms with Crippen molar-refractivity contribution >= 4 is 18.0 Å². The lowest BCUT2D eigenvalue weighted by molar-refractivity contribution is -0.141. The van der Waals surface area contributed by atoms with Crippen LogP contribution in [0.5, 0.6) is 0 Å². The zero-order valence-electron chi connectivity index (χ0n) is 13.3. The molecule has 0 radical (unpaired) electrons. The highest BCUT2D eigenvalue weighted by molar-refractivity contribution is 5.92. The molecule has 1 aromatic rings. The Kier molecular flexibility index (Phi) is 7.32. The van der Waals surface area contributed by atoms with E-state index in [1.165, 1.54) is 18.1 Å². The first-order valence-electron chi connectivity index (χ1n) is 7.21. The molecule has 0 saturated carbocycles. The van der Waals surface area contributed by atoms with Gasteiger partial charge in [0.25, 0.3) is 0 Å². The van der Waals surface area contributed by atoms with Crippen molar-refractivity contribution in [2.24, 2.45) is 0 Å². The largest absolute Gasteiger partial charge is 0.469 e. The number of esters is 1. The number of methoxy groups -OCH3 is 1. The van der Waals surface area contributed by atoms with Crippen LogP contribution in [0.3, 0.4) is 0 Å². The van der Waals surface area contributed by atoms with Gasteiger partial charge in [-0.1, -0.05) is 29.8 Å². The summed E-state index contributed by atoms with van der Waals surface area (Å²) in [5.74, 6) is -0.628. The van der Waals surface area contributed by atoms with E-state index in [0.717, 1.165) is 11.1 Å². The summed E-state index contributed by atoms with van der Waals surface area (Å²) in [5.41, 5.74) is 2.07. The van der Waals surface area contributed by atoms with Crippen LogP contribution in [0, 0.1) is 6.92 Å². The van der Waals surface area contributed by atoms with Crippen LogP contribution >= 0.6 is 0 Å². The average Bonchev–Trinajstić information content (AvgIpc) is 2.49. The van der Waals surface area contributed by atoms with Crippen LogP contribution in [0.25, 0.3) is 6.08 Å². The summed E-state index contributed by atoms with van der Waals surface area (Å²) in [6.07, 6.45) is 2.61. The van der Waals surface area contributed by atoms with Crippen molar-refractivity contribution in [2.75, 3.05) is 20.2 Å². The van der Waals surface area contributed by atoms with Gasteiger partial charge in [0, 0.05) is 19.2 Å². The minimum Gasteiger partial charge on any atom is -0.469 e. The minimum absolute atomic E-state index is 0.104. The van der Waals surface area contributed by atoms with Crippen LogP contribution < -0.4 is 0 Å². The molecule has 0 fully saturated rings. The number of rotatable bonds is 7. The summed E-state index contributed by atoms with van der Waals surface area (Å²) >= 11 is 0. The highest BCUT2D eigenvalue weighted by Gasteiger charge is 2.14. The molecule has 0 aliphatic heterocycles. The third-order valence-corrected chi connectivity index (χ3v) is 3.11. The fourth-order valence-corrected chi connectivity index (χ4v) is 1.89. The lowest BCUT2D eigenvalue weighted by Gasteiger charge is -2.22. The molecule has 1 atom stereocenters. The number of carbonyl (C=O) groups excluding carboxylic acids is 2. The molecule has 1 rings (SSSR count). The predicted molar refractivity (Wildman–Crippen MR) is 85.1 cm³/mol. The number of amides is 1. The molecule has 5 heteroatoms. The SMILES string of the molecule is COC(=O)CCN(CC(C)O)C(=O)/C=C/c1ccc(C)cc1. The second kappa shape index (κ2) is 9.00. The number of nitrogens with zero attached hydrogens (tertiary/aromatic N) is 1. The second-order valence-electron chi connectivity index (χ2n) is 5.20. The first-order valence-corrected chi connectivity index (χ1v) is 7.21. The lowest BCUT2D eigenvalue weighted by atomic mass is 10.1. The molecule has 1 amide bonds. The van der Waals surface area contributed by atoms with Crippen molar-refractivity contribution in [3.8, 4) is 0 Å². The van der Waals surface area contributed by atoms with Gasteiger partial charge in [0.1, 0.15) is 0 Å². The molecule has 1 N–H and O–H groups in total. The molecule has 0 aliphatic carbocycles. The molecule has 120 valence electrons. The van der Waals surface area contributed by atoms with Gasteiger partial charge in [-0.3, -0.25) is 9.59 Å². The number of benzene rings is 1. The molecule has 5 nitrogen and oxygen atoms in total. The van der Waals surface area contributed by atoms with Crippen LogP contribution in [0.1, 0.15) is 24.5 Å². The van der Waals surface area contributed by atoms with Crippen LogP contribution in [0.4, 0.5) is 0 Å². The Labute approximate surface area is 131 Å². The van der Waals surface area contributed by atoms with E-state index in [2.05, 4.69) is 4.74 Å². The zero-order chi connectivity index (χ0) is 16.5. The lowest BCUT2D eigenvalue weighted by Crippen LogP contribution is -2.37. The van der Waals surface area contributed by atoms with Gasteiger partial charge >= 0.3 is 5.97 Å². The van der Waals surface area contributed by atoms with Crippen molar-refractivity contribution < 1.29 is 19.4 Å². The van der Waals surface area contributed by atoms with E-state index in [0.29, 0.717) is 0 Å². The van der Waals surface area contributed by atoms with Gasteiger partial charge in [-0.05, 0) is 25.5 Å². The summed E-state index contributed by atoms with van der Waals surface area (Å²) in [7, 11) is 1.31. The van der Waals surface area contributed by atoms with Gasteiger partial charge in [-0.15, -0.1) is 0 Å². The summed E-state index contributed by atoms with van der Waals surface area (Å²) in [6.45, 7) is 3.99. The highest BCUT2D eigenvalue weighted by Crippen LogP contribution is 2.06. The van der Waals surface area contributed by atoms with E-state index in [9.17, 15) is 14.7 Å². The molecule has 0 saturated heterocycles. The third kappa shape index (κ3) is 6.54. The molecule has 0 spiro atoms. The van der Waals surface area contributed by atoms with E-state index in [1.54, 1.807) is 13.0 Å². The van der Waals surface area contributed by atoms with E-state index in [-0.39, 0.29) is 31.4 Å². The maximum Gasteiger partial charge on any atom is 0.307 e. The second-order valence-corrected chi connectivity index (χ2v) is 5.20. The topological polar surface area (TPSA) is 66.8 Å². The molecular weight excluding hydrogens is 282 g/mol. The molecule has 0 heterocycles. The molecule has 1 aromatic carbocycles. The number of aliphatic hydroxyl groups is 1.